The van der Waals surface area contributed by atoms with Crippen molar-refractivity contribution in [3.05, 3.63) is 0 Å². The Balaban J connectivity index is 1.69. The van der Waals surface area contributed by atoms with Crippen LogP contribution in [-0.4, -0.2) is 18.5 Å². The first-order valence-electron chi connectivity index (χ1n) is 7.31. The fraction of sp³-hybridized carbons (Fsp3) is 0.933. The number of ether oxygens (including phenoxy) is 1. The van der Waals surface area contributed by atoms with E-state index in [0.717, 1.165) is 37.5 Å². The molecule has 2 aliphatic rings. The number of ketones is 1. The summed E-state index contributed by atoms with van der Waals surface area (Å²) in [6, 6.07) is 0. The van der Waals surface area contributed by atoms with Gasteiger partial charge in [-0.3, -0.25) is 4.79 Å². The quantitative estimate of drug-likeness (QED) is 0.748. The average molecular weight is 238 g/mol. The minimum atomic E-state index is 0.315. The van der Waals surface area contributed by atoms with Gasteiger partial charge in [0.2, 0.25) is 0 Å². The summed E-state index contributed by atoms with van der Waals surface area (Å²) in [5.41, 5.74) is 0. The Kier molecular flexibility index (Phi) is 4.61. The van der Waals surface area contributed by atoms with Gasteiger partial charge in [0.25, 0.3) is 0 Å². The van der Waals surface area contributed by atoms with E-state index >= 15 is 0 Å². The fourth-order valence-electron chi connectivity index (χ4n) is 3.22. The highest BCUT2D eigenvalue weighted by Gasteiger charge is 2.27. The van der Waals surface area contributed by atoms with Crippen molar-refractivity contribution < 1.29 is 9.53 Å². The minimum absolute atomic E-state index is 0.315. The molecule has 0 aromatic heterocycles. The number of hydrogen-bond donors (Lipinski definition) is 0. The van der Waals surface area contributed by atoms with Crippen LogP contribution in [-0.2, 0) is 9.53 Å². The largest absolute Gasteiger partial charge is 0.370 e. The summed E-state index contributed by atoms with van der Waals surface area (Å²) in [5.74, 6) is 2.24. The Morgan fingerprint density at radius 3 is 2.41 bits per heavy atom. The average Bonchev–Trinajstić information content (AvgIpc) is 2.84. The Morgan fingerprint density at radius 2 is 1.76 bits per heavy atom. The van der Waals surface area contributed by atoms with Crippen molar-refractivity contribution in [2.75, 3.05) is 6.61 Å². The summed E-state index contributed by atoms with van der Waals surface area (Å²) in [7, 11) is 0. The summed E-state index contributed by atoms with van der Waals surface area (Å²) in [5, 5.41) is 0. The molecule has 2 aliphatic carbocycles. The van der Waals surface area contributed by atoms with Crippen molar-refractivity contribution in [1.82, 2.24) is 0 Å². The third-order valence-corrected chi connectivity index (χ3v) is 4.82. The molecule has 2 rings (SSSR count). The normalized spacial score (nSPS) is 35.1. The fourth-order valence-corrected chi connectivity index (χ4v) is 3.22. The van der Waals surface area contributed by atoms with Gasteiger partial charge >= 0.3 is 0 Å². The van der Waals surface area contributed by atoms with Gasteiger partial charge in [-0.1, -0.05) is 26.7 Å². The highest BCUT2D eigenvalue weighted by Crippen LogP contribution is 2.31. The summed E-state index contributed by atoms with van der Waals surface area (Å²) in [6.07, 6.45) is 8.53. The van der Waals surface area contributed by atoms with Crippen LogP contribution in [0, 0.1) is 17.8 Å². The maximum absolute atomic E-state index is 11.9. The van der Waals surface area contributed by atoms with Crippen LogP contribution in [0.4, 0.5) is 0 Å². The standard InChI is InChI=1S/C15H26O2/c1-11-7-8-14(9-12(11)2)17-10-15(16)13-5-3-4-6-13/h11-14H,3-10H2,1-2H3. The van der Waals surface area contributed by atoms with E-state index in [1.807, 2.05) is 0 Å². The van der Waals surface area contributed by atoms with Gasteiger partial charge in [-0.05, 0) is 43.9 Å². The molecule has 0 aromatic carbocycles. The van der Waals surface area contributed by atoms with Gasteiger partial charge in [0, 0.05) is 5.92 Å². The Labute approximate surface area is 105 Å². The van der Waals surface area contributed by atoms with Crippen molar-refractivity contribution in [1.29, 1.82) is 0 Å². The van der Waals surface area contributed by atoms with Crippen LogP contribution in [0.3, 0.4) is 0 Å². The van der Waals surface area contributed by atoms with Crippen LogP contribution in [0.1, 0.15) is 58.8 Å². The molecule has 17 heavy (non-hydrogen) atoms. The van der Waals surface area contributed by atoms with E-state index in [1.54, 1.807) is 0 Å². The minimum Gasteiger partial charge on any atom is -0.370 e. The van der Waals surface area contributed by atoms with Gasteiger partial charge in [0.15, 0.2) is 5.78 Å². The molecular weight excluding hydrogens is 212 g/mol. The SMILES string of the molecule is CC1CCC(OCC(=O)C2CCCC2)CC1C. The van der Waals surface area contributed by atoms with Crippen molar-refractivity contribution in [2.24, 2.45) is 17.8 Å². The summed E-state index contributed by atoms with van der Waals surface area (Å²) < 4.78 is 5.83. The van der Waals surface area contributed by atoms with Gasteiger partial charge in [-0.15, -0.1) is 0 Å². The molecule has 0 radical (unpaired) electrons. The molecule has 3 unspecified atom stereocenters. The third-order valence-electron chi connectivity index (χ3n) is 4.82. The van der Waals surface area contributed by atoms with Crippen LogP contribution in [0.2, 0.25) is 0 Å². The van der Waals surface area contributed by atoms with Gasteiger partial charge in [0.05, 0.1) is 6.10 Å². The van der Waals surface area contributed by atoms with Crippen LogP contribution in [0.5, 0.6) is 0 Å². The summed E-state index contributed by atoms with van der Waals surface area (Å²) in [4.78, 5) is 11.9. The highest BCUT2D eigenvalue weighted by atomic mass is 16.5. The zero-order valence-corrected chi connectivity index (χ0v) is 11.3. The van der Waals surface area contributed by atoms with E-state index in [4.69, 9.17) is 4.74 Å². The molecule has 2 nitrogen and oxygen atoms in total. The van der Waals surface area contributed by atoms with E-state index in [2.05, 4.69) is 13.8 Å². The molecule has 2 saturated carbocycles. The van der Waals surface area contributed by atoms with Gasteiger partial charge in [0.1, 0.15) is 6.61 Å². The summed E-state index contributed by atoms with van der Waals surface area (Å²) >= 11 is 0. The Bertz CT molecular complexity index is 256. The lowest BCUT2D eigenvalue weighted by molar-refractivity contribution is -0.130. The molecular formula is C15H26O2. The van der Waals surface area contributed by atoms with Crippen LogP contribution in [0.25, 0.3) is 0 Å². The van der Waals surface area contributed by atoms with Crippen molar-refractivity contribution in [2.45, 2.75) is 64.9 Å². The number of rotatable bonds is 4. The maximum atomic E-state index is 11.9. The first-order chi connectivity index (χ1) is 8.16. The predicted molar refractivity (Wildman–Crippen MR) is 68.9 cm³/mol. The Hall–Kier alpha value is -0.370. The van der Waals surface area contributed by atoms with Gasteiger partial charge in [-0.2, -0.15) is 0 Å². The van der Waals surface area contributed by atoms with Crippen molar-refractivity contribution in [3.63, 3.8) is 0 Å². The molecule has 0 saturated heterocycles. The molecule has 2 fully saturated rings. The van der Waals surface area contributed by atoms with Gasteiger partial charge < -0.3 is 4.74 Å². The highest BCUT2D eigenvalue weighted by molar-refractivity contribution is 5.82. The van der Waals surface area contributed by atoms with E-state index in [9.17, 15) is 4.79 Å². The zero-order chi connectivity index (χ0) is 12.3. The molecule has 3 atom stereocenters. The molecule has 0 spiro atoms. The second kappa shape index (κ2) is 5.99. The van der Waals surface area contributed by atoms with Crippen molar-refractivity contribution in [3.8, 4) is 0 Å². The lowest BCUT2D eigenvalue weighted by Gasteiger charge is -2.31. The van der Waals surface area contributed by atoms with Crippen molar-refractivity contribution >= 4 is 5.78 Å². The number of carbonyl (C=O) groups is 1. The molecule has 0 aromatic rings. The zero-order valence-electron chi connectivity index (χ0n) is 11.3. The number of Topliss-reactive ketones (excluding diaryl/α,β-unsaturated/α-hetero) is 1. The van der Waals surface area contributed by atoms with E-state index in [0.29, 0.717) is 24.4 Å². The first kappa shape index (κ1) is 13.1. The Morgan fingerprint density at radius 1 is 1.06 bits per heavy atom. The number of hydrogen-bond acceptors (Lipinski definition) is 2. The van der Waals surface area contributed by atoms with E-state index in [-0.39, 0.29) is 0 Å². The van der Waals surface area contributed by atoms with Gasteiger partial charge in [-0.25, -0.2) is 0 Å². The van der Waals surface area contributed by atoms with E-state index < -0.39 is 0 Å². The molecule has 2 heteroatoms. The summed E-state index contributed by atoms with van der Waals surface area (Å²) in [6.45, 7) is 5.00. The molecule has 0 aliphatic heterocycles. The second-order valence-electron chi connectivity index (χ2n) is 6.15. The monoisotopic (exact) mass is 238 g/mol. The third kappa shape index (κ3) is 3.54. The first-order valence-corrected chi connectivity index (χ1v) is 7.31. The molecule has 0 N–H and O–H groups in total. The van der Waals surface area contributed by atoms with Crippen LogP contribution >= 0.6 is 0 Å². The topological polar surface area (TPSA) is 26.3 Å². The molecule has 0 amide bonds. The van der Waals surface area contributed by atoms with E-state index in [1.165, 1.54) is 19.3 Å². The molecule has 98 valence electrons. The molecule has 0 heterocycles. The lowest BCUT2D eigenvalue weighted by atomic mass is 9.80. The maximum Gasteiger partial charge on any atom is 0.161 e. The predicted octanol–water partition coefficient (Wildman–Crippen LogP) is 3.59. The second-order valence-corrected chi connectivity index (χ2v) is 6.15. The molecule has 0 bridgehead atoms. The lowest BCUT2D eigenvalue weighted by Crippen LogP contribution is -2.29. The number of carbonyl (C=O) groups excluding carboxylic acids is 1. The van der Waals surface area contributed by atoms with Crippen LogP contribution in [0.15, 0.2) is 0 Å². The van der Waals surface area contributed by atoms with Crippen LogP contribution < -0.4 is 0 Å². The smallest absolute Gasteiger partial charge is 0.161 e.